The SMILES string of the molecule is CCCCN(C)[C@@H](C)CO. The molecule has 0 aliphatic carbocycles. The van der Waals surface area contributed by atoms with Crippen molar-refractivity contribution < 1.29 is 5.11 Å². The highest BCUT2D eigenvalue weighted by Crippen LogP contribution is 1.96. The molecule has 1 atom stereocenters. The van der Waals surface area contributed by atoms with Gasteiger partial charge in [0.1, 0.15) is 0 Å². The summed E-state index contributed by atoms with van der Waals surface area (Å²) in [5.41, 5.74) is 0. The molecule has 0 aromatic rings. The van der Waals surface area contributed by atoms with E-state index >= 15 is 0 Å². The van der Waals surface area contributed by atoms with E-state index in [9.17, 15) is 0 Å². The minimum Gasteiger partial charge on any atom is -0.395 e. The van der Waals surface area contributed by atoms with Gasteiger partial charge in [-0.15, -0.1) is 0 Å². The van der Waals surface area contributed by atoms with E-state index in [-0.39, 0.29) is 6.61 Å². The summed E-state index contributed by atoms with van der Waals surface area (Å²) >= 11 is 0. The molecule has 0 aromatic heterocycles. The maximum atomic E-state index is 8.76. The molecule has 2 heteroatoms. The van der Waals surface area contributed by atoms with E-state index in [1.807, 2.05) is 6.92 Å². The van der Waals surface area contributed by atoms with Gasteiger partial charge in [-0.05, 0) is 26.9 Å². The third-order valence-electron chi connectivity index (χ3n) is 1.88. The van der Waals surface area contributed by atoms with Crippen molar-refractivity contribution in [1.29, 1.82) is 0 Å². The maximum Gasteiger partial charge on any atom is 0.0584 e. The number of unbranched alkanes of at least 4 members (excludes halogenated alkanes) is 1. The van der Waals surface area contributed by atoms with E-state index in [1.54, 1.807) is 0 Å². The Morgan fingerprint density at radius 3 is 2.50 bits per heavy atom. The Bertz CT molecular complexity index is 75.7. The van der Waals surface area contributed by atoms with Crippen molar-refractivity contribution in [1.82, 2.24) is 4.90 Å². The molecule has 0 aliphatic rings. The predicted octanol–water partition coefficient (Wildman–Crippen LogP) is 1.10. The number of hydrogen-bond donors (Lipinski definition) is 1. The zero-order valence-corrected chi connectivity index (χ0v) is 7.30. The zero-order valence-electron chi connectivity index (χ0n) is 7.30. The summed E-state index contributed by atoms with van der Waals surface area (Å²) in [5.74, 6) is 0. The lowest BCUT2D eigenvalue weighted by Crippen LogP contribution is -2.32. The second kappa shape index (κ2) is 5.69. The molecule has 10 heavy (non-hydrogen) atoms. The van der Waals surface area contributed by atoms with Crippen molar-refractivity contribution in [2.45, 2.75) is 32.7 Å². The molecule has 62 valence electrons. The summed E-state index contributed by atoms with van der Waals surface area (Å²) in [6.45, 7) is 5.57. The van der Waals surface area contributed by atoms with Crippen LogP contribution in [-0.4, -0.2) is 36.2 Å². The van der Waals surface area contributed by atoms with Crippen LogP contribution in [-0.2, 0) is 0 Å². The van der Waals surface area contributed by atoms with Gasteiger partial charge >= 0.3 is 0 Å². The molecule has 0 fully saturated rings. The average molecular weight is 145 g/mol. The quantitative estimate of drug-likeness (QED) is 0.626. The highest BCUT2D eigenvalue weighted by Gasteiger charge is 2.04. The highest BCUT2D eigenvalue weighted by molar-refractivity contribution is 4.60. The lowest BCUT2D eigenvalue weighted by Gasteiger charge is -2.22. The number of nitrogens with zero attached hydrogens (tertiary/aromatic N) is 1. The van der Waals surface area contributed by atoms with Crippen LogP contribution in [0.2, 0.25) is 0 Å². The van der Waals surface area contributed by atoms with Gasteiger partial charge in [0.15, 0.2) is 0 Å². The van der Waals surface area contributed by atoms with Gasteiger partial charge in [-0.1, -0.05) is 13.3 Å². The molecule has 0 radical (unpaired) electrons. The van der Waals surface area contributed by atoms with Gasteiger partial charge in [0.05, 0.1) is 6.61 Å². The number of rotatable bonds is 5. The Labute approximate surface area is 63.8 Å². The van der Waals surface area contributed by atoms with E-state index in [2.05, 4.69) is 18.9 Å². The smallest absolute Gasteiger partial charge is 0.0584 e. The van der Waals surface area contributed by atoms with Crippen molar-refractivity contribution >= 4 is 0 Å². The van der Waals surface area contributed by atoms with Gasteiger partial charge < -0.3 is 10.0 Å². The van der Waals surface area contributed by atoms with Gasteiger partial charge in [0, 0.05) is 6.04 Å². The third-order valence-corrected chi connectivity index (χ3v) is 1.88. The van der Waals surface area contributed by atoms with E-state index < -0.39 is 0 Å². The molecule has 0 aromatic carbocycles. The molecule has 1 N–H and O–H groups in total. The molecule has 2 nitrogen and oxygen atoms in total. The second-order valence-electron chi connectivity index (χ2n) is 2.87. The number of aliphatic hydroxyl groups excluding tert-OH is 1. The normalized spacial score (nSPS) is 14.1. The van der Waals surface area contributed by atoms with E-state index in [4.69, 9.17) is 5.11 Å². The van der Waals surface area contributed by atoms with E-state index in [0.717, 1.165) is 6.54 Å². The fraction of sp³-hybridized carbons (Fsp3) is 1.00. The van der Waals surface area contributed by atoms with Crippen LogP contribution in [0.1, 0.15) is 26.7 Å². The maximum absolute atomic E-state index is 8.76. The summed E-state index contributed by atoms with van der Waals surface area (Å²) in [7, 11) is 2.05. The molecule has 0 spiro atoms. The first kappa shape index (κ1) is 9.92. The minimum absolute atomic E-state index is 0.264. The number of hydrogen-bond acceptors (Lipinski definition) is 2. The van der Waals surface area contributed by atoms with Gasteiger partial charge in [-0.2, -0.15) is 0 Å². The van der Waals surface area contributed by atoms with Crippen LogP contribution in [0.15, 0.2) is 0 Å². The fourth-order valence-corrected chi connectivity index (χ4v) is 0.767. The highest BCUT2D eigenvalue weighted by atomic mass is 16.3. The molecule has 0 bridgehead atoms. The monoisotopic (exact) mass is 145 g/mol. The summed E-state index contributed by atoms with van der Waals surface area (Å²) in [4.78, 5) is 2.18. The largest absolute Gasteiger partial charge is 0.395 e. The second-order valence-corrected chi connectivity index (χ2v) is 2.87. The molecule has 0 amide bonds. The van der Waals surface area contributed by atoms with Crippen LogP contribution < -0.4 is 0 Å². The van der Waals surface area contributed by atoms with Crippen molar-refractivity contribution in [2.75, 3.05) is 20.2 Å². The molecular weight excluding hydrogens is 126 g/mol. The van der Waals surface area contributed by atoms with Crippen LogP contribution in [0.4, 0.5) is 0 Å². The van der Waals surface area contributed by atoms with E-state index in [1.165, 1.54) is 12.8 Å². The Morgan fingerprint density at radius 2 is 2.10 bits per heavy atom. The Morgan fingerprint density at radius 1 is 1.50 bits per heavy atom. The summed E-state index contributed by atoms with van der Waals surface area (Å²) < 4.78 is 0. The van der Waals surface area contributed by atoms with Crippen LogP contribution >= 0.6 is 0 Å². The zero-order chi connectivity index (χ0) is 7.98. The number of aliphatic hydroxyl groups is 1. The first-order chi connectivity index (χ1) is 4.72. The average Bonchev–Trinajstić information content (AvgIpc) is 1.98. The molecule has 0 rings (SSSR count). The Balaban J connectivity index is 3.31. The van der Waals surface area contributed by atoms with Crippen molar-refractivity contribution in [3.63, 3.8) is 0 Å². The first-order valence-electron chi connectivity index (χ1n) is 4.03. The predicted molar refractivity (Wildman–Crippen MR) is 44.1 cm³/mol. The minimum atomic E-state index is 0.264. The lowest BCUT2D eigenvalue weighted by atomic mass is 10.2. The fourth-order valence-electron chi connectivity index (χ4n) is 0.767. The van der Waals surface area contributed by atoms with Crippen LogP contribution in [0.25, 0.3) is 0 Å². The molecule has 0 saturated carbocycles. The van der Waals surface area contributed by atoms with Gasteiger partial charge in [0.2, 0.25) is 0 Å². The number of likely N-dealkylation sites (N-methyl/N-ethyl adjacent to an activating group) is 1. The first-order valence-corrected chi connectivity index (χ1v) is 4.03. The van der Waals surface area contributed by atoms with Crippen LogP contribution in [0.5, 0.6) is 0 Å². The van der Waals surface area contributed by atoms with Gasteiger partial charge in [-0.25, -0.2) is 0 Å². The van der Waals surface area contributed by atoms with Crippen LogP contribution in [0, 0.1) is 0 Å². The van der Waals surface area contributed by atoms with Gasteiger partial charge in [-0.3, -0.25) is 0 Å². The standard InChI is InChI=1S/C8H19NO/c1-4-5-6-9(3)8(2)7-10/h8,10H,4-7H2,1-3H3/t8-/m0/s1. The van der Waals surface area contributed by atoms with Crippen molar-refractivity contribution in [3.05, 3.63) is 0 Å². The molecular formula is C8H19NO. The summed E-state index contributed by atoms with van der Waals surface area (Å²) in [6, 6.07) is 0.312. The third kappa shape index (κ3) is 3.85. The van der Waals surface area contributed by atoms with Crippen molar-refractivity contribution in [3.8, 4) is 0 Å². The summed E-state index contributed by atoms with van der Waals surface area (Å²) in [6.07, 6.45) is 2.45. The topological polar surface area (TPSA) is 23.5 Å². The molecule has 0 unspecified atom stereocenters. The van der Waals surface area contributed by atoms with Crippen molar-refractivity contribution in [2.24, 2.45) is 0 Å². The summed E-state index contributed by atoms with van der Waals surface area (Å²) in [5, 5.41) is 8.76. The Kier molecular flexibility index (Phi) is 5.64. The lowest BCUT2D eigenvalue weighted by molar-refractivity contribution is 0.158. The Hall–Kier alpha value is -0.0800. The molecule has 0 heterocycles. The van der Waals surface area contributed by atoms with Crippen LogP contribution in [0.3, 0.4) is 0 Å². The molecule has 0 aliphatic heterocycles. The molecule has 0 saturated heterocycles. The van der Waals surface area contributed by atoms with Gasteiger partial charge in [0.25, 0.3) is 0 Å². The van der Waals surface area contributed by atoms with E-state index in [0.29, 0.717) is 6.04 Å².